The zero-order valence-electron chi connectivity index (χ0n) is 21.5. The van der Waals surface area contributed by atoms with Crippen molar-refractivity contribution in [3.63, 3.8) is 0 Å². The predicted molar refractivity (Wildman–Crippen MR) is 136 cm³/mol. The Hall–Kier alpha value is -2.87. The summed E-state index contributed by atoms with van der Waals surface area (Å²) in [6.45, 7) is 7.92. The van der Waals surface area contributed by atoms with Gasteiger partial charge in [0.15, 0.2) is 5.78 Å². The van der Waals surface area contributed by atoms with E-state index in [0.717, 1.165) is 27.9 Å². The van der Waals surface area contributed by atoms with Gasteiger partial charge in [-0.3, -0.25) is 14.5 Å². The number of H-pyrrole nitrogens is 1. The first kappa shape index (κ1) is 26.2. The number of fused-ring (bicyclic) bond motifs is 1. The van der Waals surface area contributed by atoms with E-state index in [1.165, 1.54) is 11.9 Å². The van der Waals surface area contributed by atoms with E-state index in [1.807, 2.05) is 58.0 Å². The maximum absolute atomic E-state index is 13.7. The number of aryl methyl sites for hydroxylation is 2. The molecule has 4 rings (SSSR count). The summed E-state index contributed by atoms with van der Waals surface area (Å²) < 4.78 is 43.0. The molecule has 1 aliphatic heterocycles. The summed E-state index contributed by atoms with van der Waals surface area (Å²) in [5.41, 5.74) is 4.30. The molecule has 2 aromatic heterocycles. The largest absolute Gasteiger partial charge is 0.404 e. The topological polar surface area (TPSA) is 58.1 Å². The van der Waals surface area contributed by atoms with Crippen LogP contribution in [-0.2, 0) is 6.42 Å². The summed E-state index contributed by atoms with van der Waals surface area (Å²) in [7, 11) is 1.53. The number of piperidine rings is 1. The molecule has 0 radical (unpaired) electrons. The molecule has 3 atom stereocenters. The van der Waals surface area contributed by atoms with Crippen LogP contribution in [0.15, 0.2) is 35.1 Å². The molecule has 0 amide bonds. The van der Waals surface area contributed by atoms with E-state index in [2.05, 4.69) is 9.55 Å². The molecule has 1 aromatic carbocycles. The molecule has 1 saturated heterocycles. The number of nitrogens with zero attached hydrogens (tertiary/aromatic N) is 2. The van der Waals surface area contributed by atoms with Crippen molar-refractivity contribution in [1.29, 1.82) is 0 Å². The highest BCUT2D eigenvalue weighted by atomic mass is 19.4. The number of likely N-dealkylation sites (tertiary alicyclic amines) is 1. The smallest absolute Gasteiger partial charge is 0.341 e. The first-order chi connectivity index (χ1) is 16.9. The summed E-state index contributed by atoms with van der Waals surface area (Å²) in [5.74, 6) is -0.232. The number of aromatic nitrogens is 2. The van der Waals surface area contributed by atoms with Gasteiger partial charge in [0.05, 0.1) is 0 Å². The van der Waals surface area contributed by atoms with Gasteiger partial charge in [-0.2, -0.15) is 13.2 Å². The van der Waals surface area contributed by atoms with Crippen molar-refractivity contribution >= 4 is 16.7 Å². The molecule has 1 aliphatic rings. The van der Waals surface area contributed by atoms with Gasteiger partial charge in [-0.15, -0.1) is 0 Å². The molecule has 0 aliphatic carbocycles. The maximum atomic E-state index is 13.7. The number of carbonyl (C=O) groups excluding carboxylic acids is 1. The fourth-order valence-electron chi connectivity index (χ4n) is 5.97. The number of para-hydroxylation sites is 1. The Morgan fingerprint density at radius 2 is 1.89 bits per heavy atom. The Morgan fingerprint density at radius 1 is 1.19 bits per heavy atom. The van der Waals surface area contributed by atoms with Gasteiger partial charge >= 0.3 is 6.18 Å². The van der Waals surface area contributed by atoms with Crippen LogP contribution in [0, 0.1) is 26.7 Å². The van der Waals surface area contributed by atoms with Crippen molar-refractivity contribution in [2.75, 3.05) is 13.6 Å². The number of ketones is 1. The van der Waals surface area contributed by atoms with Crippen LogP contribution in [0.5, 0.6) is 0 Å². The molecule has 5 nitrogen and oxygen atoms in total. The van der Waals surface area contributed by atoms with Crippen LogP contribution in [0.25, 0.3) is 10.9 Å². The first-order valence-electron chi connectivity index (χ1n) is 12.5. The Balaban J connectivity index is 1.66. The number of Topliss-reactive ketones (excluding diaryl/α,β-unsaturated/α-hetero) is 1. The molecule has 8 heteroatoms. The zero-order chi connectivity index (χ0) is 26.4. The van der Waals surface area contributed by atoms with Gasteiger partial charge in [0.1, 0.15) is 6.04 Å². The van der Waals surface area contributed by atoms with E-state index >= 15 is 0 Å². The Kier molecular flexibility index (Phi) is 7.19. The molecule has 1 N–H and O–H groups in total. The minimum atomic E-state index is -4.27. The van der Waals surface area contributed by atoms with E-state index in [9.17, 15) is 22.8 Å². The lowest BCUT2D eigenvalue weighted by Crippen LogP contribution is -2.49. The second kappa shape index (κ2) is 9.88. The number of hydrogen-bond acceptors (Lipinski definition) is 3. The lowest BCUT2D eigenvalue weighted by molar-refractivity contribution is -0.192. The van der Waals surface area contributed by atoms with Gasteiger partial charge in [-0.05, 0) is 84.2 Å². The lowest BCUT2D eigenvalue weighted by atomic mass is 9.85. The van der Waals surface area contributed by atoms with Crippen LogP contribution >= 0.6 is 0 Å². The summed E-state index contributed by atoms with van der Waals surface area (Å²) in [6.07, 6.45) is -3.06. The van der Waals surface area contributed by atoms with E-state index < -0.39 is 12.2 Å². The van der Waals surface area contributed by atoms with Crippen LogP contribution in [0.2, 0.25) is 0 Å². The SMILES string of the molecule is Cc1cc(C)c(CCC(=O)c2c(C)n(C(C)C3CCN(C)C(C(F)(F)F)C3)c3ccccc23)c(=O)[nH]1. The van der Waals surface area contributed by atoms with Crippen molar-refractivity contribution in [2.24, 2.45) is 5.92 Å². The molecule has 0 spiro atoms. The summed E-state index contributed by atoms with van der Waals surface area (Å²) in [6, 6.07) is 7.83. The average molecular weight is 502 g/mol. The molecule has 3 unspecified atom stereocenters. The van der Waals surface area contributed by atoms with Crippen LogP contribution in [0.1, 0.15) is 65.1 Å². The third-order valence-corrected chi connectivity index (χ3v) is 7.91. The van der Waals surface area contributed by atoms with Crippen molar-refractivity contribution in [1.82, 2.24) is 14.5 Å². The zero-order valence-corrected chi connectivity index (χ0v) is 21.5. The molecule has 194 valence electrons. The fraction of sp³-hybridized carbons (Fsp3) is 0.500. The van der Waals surface area contributed by atoms with Gasteiger partial charge in [0.2, 0.25) is 0 Å². The number of halogens is 3. The van der Waals surface area contributed by atoms with Crippen molar-refractivity contribution in [3.05, 3.63) is 68.8 Å². The quantitative estimate of drug-likeness (QED) is 0.428. The first-order valence-corrected chi connectivity index (χ1v) is 12.5. The van der Waals surface area contributed by atoms with Crippen molar-refractivity contribution in [2.45, 2.75) is 71.6 Å². The van der Waals surface area contributed by atoms with Crippen LogP contribution in [-0.4, -0.2) is 46.0 Å². The van der Waals surface area contributed by atoms with Gasteiger partial charge in [-0.1, -0.05) is 18.2 Å². The molecule has 0 saturated carbocycles. The monoisotopic (exact) mass is 501 g/mol. The van der Waals surface area contributed by atoms with E-state index in [4.69, 9.17) is 0 Å². The van der Waals surface area contributed by atoms with Gasteiger partial charge < -0.3 is 9.55 Å². The molecule has 3 heterocycles. The number of pyridine rings is 1. The van der Waals surface area contributed by atoms with Gasteiger partial charge in [0.25, 0.3) is 5.56 Å². The second-order valence-corrected chi connectivity index (χ2v) is 10.3. The molecular formula is C28H34F3N3O2. The normalized spacial score (nSPS) is 20.1. The summed E-state index contributed by atoms with van der Waals surface area (Å²) in [5, 5.41) is 0.807. The van der Waals surface area contributed by atoms with Crippen molar-refractivity contribution in [3.8, 4) is 0 Å². The van der Waals surface area contributed by atoms with E-state index in [0.29, 0.717) is 30.5 Å². The third kappa shape index (κ3) is 4.88. The highest BCUT2D eigenvalue weighted by Gasteiger charge is 2.46. The number of benzene rings is 1. The minimum Gasteiger partial charge on any atom is -0.341 e. The average Bonchev–Trinajstić information content (AvgIpc) is 3.09. The second-order valence-electron chi connectivity index (χ2n) is 10.3. The van der Waals surface area contributed by atoms with Crippen LogP contribution < -0.4 is 5.56 Å². The molecule has 1 fully saturated rings. The lowest BCUT2D eigenvalue weighted by Gasteiger charge is -2.40. The number of carbonyl (C=O) groups is 1. The standard InChI is InChI=1S/C28H34F3N3O2/c1-16-14-17(2)32-27(36)21(16)10-11-24(35)26-19(4)34(23-9-7-6-8-22(23)26)18(3)20-12-13-33(5)25(15-20)28(29,30)31/h6-9,14,18,20,25H,10-13,15H2,1-5H3,(H,32,36). The Morgan fingerprint density at radius 3 is 2.56 bits per heavy atom. The molecule has 3 aromatic rings. The molecule has 0 bridgehead atoms. The third-order valence-electron chi connectivity index (χ3n) is 7.91. The number of aromatic amines is 1. The number of nitrogens with one attached hydrogen (secondary N) is 1. The molecular weight excluding hydrogens is 467 g/mol. The van der Waals surface area contributed by atoms with Crippen LogP contribution in [0.4, 0.5) is 13.2 Å². The Labute approximate surface area is 209 Å². The Bertz CT molecular complexity index is 1340. The highest BCUT2D eigenvalue weighted by Crippen LogP contribution is 2.40. The molecule has 36 heavy (non-hydrogen) atoms. The van der Waals surface area contributed by atoms with E-state index in [1.54, 1.807) is 0 Å². The number of alkyl halides is 3. The predicted octanol–water partition coefficient (Wildman–Crippen LogP) is 5.90. The van der Waals surface area contributed by atoms with Crippen molar-refractivity contribution < 1.29 is 18.0 Å². The highest BCUT2D eigenvalue weighted by molar-refractivity contribution is 6.09. The minimum absolute atomic E-state index is 0.0336. The van der Waals surface area contributed by atoms with Crippen LogP contribution in [0.3, 0.4) is 0 Å². The number of hydrogen-bond donors (Lipinski definition) is 1. The van der Waals surface area contributed by atoms with Gasteiger partial charge in [0, 0.05) is 45.9 Å². The van der Waals surface area contributed by atoms with E-state index in [-0.39, 0.29) is 36.1 Å². The fourth-order valence-corrected chi connectivity index (χ4v) is 5.97. The summed E-state index contributed by atoms with van der Waals surface area (Å²) >= 11 is 0. The maximum Gasteiger partial charge on any atom is 0.404 e. The number of rotatable bonds is 6. The van der Waals surface area contributed by atoms with Gasteiger partial charge in [-0.25, -0.2) is 0 Å². The summed E-state index contributed by atoms with van der Waals surface area (Å²) in [4.78, 5) is 30.1.